The maximum absolute atomic E-state index is 5.16. The summed E-state index contributed by atoms with van der Waals surface area (Å²) >= 11 is 0. The third kappa shape index (κ3) is 4.52. The van der Waals surface area contributed by atoms with E-state index in [2.05, 4.69) is 33.0 Å². The first-order valence-electron chi connectivity index (χ1n) is 6.18. The molecule has 90 valence electrons. The van der Waals surface area contributed by atoms with E-state index in [1.54, 1.807) is 7.11 Å². The number of hydrogen-bond donors (Lipinski definition) is 1. The molecule has 1 aliphatic rings. The van der Waals surface area contributed by atoms with Gasteiger partial charge in [-0.05, 0) is 37.5 Å². The Morgan fingerprint density at radius 1 is 1.40 bits per heavy atom. The maximum atomic E-state index is 5.16. The fourth-order valence-corrected chi connectivity index (χ4v) is 3.17. The number of methoxy groups -OCH3 is 1. The molecule has 1 aliphatic carbocycles. The summed E-state index contributed by atoms with van der Waals surface area (Å²) in [5.74, 6) is 0.848. The monoisotopic (exact) mass is 213 g/mol. The quantitative estimate of drug-likeness (QED) is 0.775. The average Bonchev–Trinajstić information content (AvgIpc) is 1.99. The molecule has 2 heteroatoms. The number of nitrogens with one attached hydrogen (secondary N) is 1. The van der Waals surface area contributed by atoms with E-state index in [4.69, 9.17) is 4.74 Å². The van der Waals surface area contributed by atoms with Crippen LogP contribution in [0.15, 0.2) is 0 Å². The standard InChI is InChI=1S/C13H27NO/c1-10-6-12(8-13(3,4)7-10)14-11(2)9-15-5/h10-12,14H,6-9H2,1-5H3/t10-,11+,12+/m1/s1. The SMILES string of the molecule is COC[C@H](C)N[C@H]1C[C@@H](C)CC(C)(C)C1. The second-order valence-corrected chi connectivity index (χ2v) is 6.13. The summed E-state index contributed by atoms with van der Waals surface area (Å²) in [7, 11) is 1.77. The molecule has 0 aromatic heterocycles. The van der Waals surface area contributed by atoms with Crippen LogP contribution >= 0.6 is 0 Å². The van der Waals surface area contributed by atoms with E-state index in [9.17, 15) is 0 Å². The smallest absolute Gasteiger partial charge is 0.0613 e. The molecule has 1 N–H and O–H groups in total. The van der Waals surface area contributed by atoms with Crippen molar-refractivity contribution >= 4 is 0 Å². The lowest BCUT2D eigenvalue weighted by atomic mass is 9.70. The molecule has 0 spiro atoms. The predicted molar refractivity (Wildman–Crippen MR) is 65.1 cm³/mol. The zero-order valence-electron chi connectivity index (χ0n) is 11.0. The third-order valence-electron chi connectivity index (χ3n) is 3.32. The topological polar surface area (TPSA) is 21.3 Å². The number of hydrogen-bond acceptors (Lipinski definition) is 2. The Bertz CT molecular complexity index is 191. The van der Waals surface area contributed by atoms with Crippen molar-refractivity contribution < 1.29 is 4.74 Å². The van der Waals surface area contributed by atoms with Gasteiger partial charge in [0.05, 0.1) is 6.61 Å². The van der Waals surface area contributed by atoms with Gasteiger partial charge in [0, 0.05) is 19.2 Å². The summed E-state index contributed by atoms with van der Waals surface area (Å²) in [4.78, 5) is 0. The van der Waals surface area contributed by atoms with Gasteiger partial charge in [-0.25, -0.2) is 0 Å². The van der Waals surface area contributed by atoms with Crippen molar-refractivity contribution in [2.24, 2.45) is 11.3 Å². The lowest BCUT2D eigenvalue weighted by Gasteiger charge is -2.40. The summed E-state index contributed by atoms with van der Waals surface area (Å²) in [6.45, 7) is 10.2. The largest absolute Gasteiger partial charge is 0.383 e. The van der Waals surface area contributed by atoms with Crippen molar-refractivity contribution in [2.45, 2.75) is 59.0 Å². The van der Waals surface area contributed by atoms with Gasteiger partial charge in [-0.2, -0.15) is 0 Å². The lowest BCUT2D eigenvalue weighted by Crippen LogP contribution is -2.45. The predicted octanol–water partition coefficient (Wildman–Crippen LogP) is 2.83. The third-order valence-corrected chi connectivity index (χ3v) is 3.32. The lowest BCUT2D eigenvalue weighted by molar-refractivity contribution is 0.121. The van der Waals surface area contributed by atoms with Crippen LogP contribution in [0.25, 0.3) is 0 Å². The minimum absolute atomic E-state index is 0.473. The highest BCUT2D eigenvalue weighted by Crippen LogP contribution is 2.38. The first-order valence-corrected chi connectivity index (χ1v) is 6.18. The van der Waals surface area contributed by atoms with Gasteiger partial charge in [-0.1, -0.05) is 20.8 Å². The average molecular weight is 213 g/mol. The van der Waals surface area contributed by atoms with Crippen molar-refractivity contribution in [1.29, 1.82) is 0 Å². The highest BCUT2D eigenvalue weighted by Gasteiger charge is 2.32. The maximum Gasteiger partial charge on any atom is 0.0613 e. The van der Waals surface area contributed by atoms with Gasteiger partial charge in [0.2, 0.25) is 0 Å². The van der Waals surface area contributed by atoms with E-state index in [0.717, 1.165) is 12.5 Å². The molecule has 0 aliphatic heterocycles. The summed E-state index contributed by atoms with van der Waals surface area (Å²) in [5, 5.41) is 3.68. The molecule has 1 fully saturated rings. The second kappa shape index (κ2) is 5.31. The van der Waals surface area contributed by atoms with Crippen LogP contribution in [0.3, 0.4) is 0 Å². The van der Waals surface area contributed by atoms with Crippen molar-refractivity contribution in [3.05, 3.63) is 0 Å². The van der Waals surface area contributed by atoms with Gasteiger partial charge in [-0.3, -0.25) is 0 Å². The molecule has 0 saturated heterocycles. The number of ether oxygens (including phenoxy) is 1. The molecule has 0 aromatic rings. The van der Waals surface area contributed by atoms with E-state index in [0.29, 0.717) is 17.5 Å². The minimum Gasteiger partial charge on any atom is -0.383 e. The Morgan fingerprint density at radius 3 is 2.60 bits per heavy atom. The van der Waals surface area contributed by atoms with E-state index in [1.807, 2.05) is 0 Å². The molecule has 1 saturated carbocycles. The van der Waals surface area contributed by atoms with Crippen LogP contribution in [0.5, 0.6) is 0 Å². The highest BCUT2D eigenvalue weighted by atomic mass is 16.5. The van der Waals surface area contributed by atoms with Gasteiger partial charge in [0.15, 0.2) is 0 Å². The van der Waals surface area contributed by atoms with E-state index in [1.165, 1.54) is 19.3 Å². The summed E-state index contributed by atoms with van der Waals surface area (Å²) in [6.07, 6.45) is 3.98. The first kappa shape index (κ1) is 13.0. The zero-order valence-corrected chi connectivity index (χ0v) is 11.0. The second-order valence-electron chi connectivity index (χ2n) is 6.13. The van der Waals surface area contributed by atoms with Crippen LogP contribution in [0.2, 0.25) is 0 Å². The van der Waals surface area contributed by atoms with Crippen LogP contribution in [-0.2, 0) is 4.74 Å². The zero-order chi connectivity index (χ0) is 11.5. The minimum atomic E-state index is 0.473. The Morgan fingerprint density at radius 2 is 2.07 bits per heavy atom. The van der Waals surface area contributed by atoms with Gasteiger partial charge in [0.25, 0.3) is 0 Å². The molecule has 2 nitrogen and oxygen atoms in total. The van der Waals surface area contributed by atoms with Crippen LogP contribution in [0, 0.1) is 11.3 Å². The van der Waals surface area contributed by atoms with Crippen molar-refractivity contribution in [3.63, 3.8) is 0 Å². The number of rotatable bonds is 4. The van der Waals surface area contributed by atoms with E-state index >= 15 is 0 Å². The van der Waals surface area contributed by atoms with Crippen molar-refractivity contribution in [1.82, 2.24) is 5.32 Å². The molecular weight excluding hydrogens is 186 g/mol. The molecule has 3 atom stereocenters. The molecule has 0 radical (unpaired) electrons. The summed E-state index contributed by atoms with van der Waals surface area (Å²) in [5.41, 5.74) is 0.502. The fourth-order valence-electron chi connectivity index (χ4n) is 3.17. The van der Waals surface area contributed by atoms with E-state index < -0.39 is 0 Å². The highest BCUT2D eigenvalue weighted by molar-refractivity contribution is 4.87. The van der Waals surface area contributed by atoms with Gasteiger partial charge in [-0.15, -0.1) is 0 Å². The molecule has 0 amide bonds. The summed E-state index contributed by atoms with van der Waals surface area (Å²) in [6, 6.07) is 1.15. The van der Waals surface area contributed by atoms with Crippen LogP contribution < -0.4 is 5.32 Å². The van der Waals surface area contributed by atoms with Crippen LogP contribution in [0.4, 0.5) is 0 Å². The Labute approximate surface area is 94.8 Å². The molecule has 0 aromatic carbocycles. The Kier molecular flexibility index (Phi) is 4.60. The molecule has 0 bridgehead atoms. The Balaban J connectivity index is 2.41. The van der Waals surface area contributed by atoms with Crippen molar-refractivity contribution in [3.8, 4) is 0 Å². The van der Waals surface area contributed by atoms with Crippen LogP contribution in [-0.4, -0.2) is 25.8 Å². The first-order chi connectivity index (χ1) is 6.93. The van der Waals surface area contributed by atoms with Crippen molar-refractivity contribution in [2.75, 3.05) is 13.7 Å². The normalized spacial score (nSPS) is 32.6. The fraction of sp³-hybridized carbons (Fsp3) is 1.00. The molecule has 1 rings (SSSR count). The molecule has 0 heterocycles. The van der Waals surface area contributed by atoms with Gasteiger partial charge >= 0.3 is 0 Å². The van der Waals surface area contributed by atoms with E-state index in [-0.39, 0.29) is 0 Å². The molecule has 0 unspecified atom stereocenters. The van der Waals surface area contributed by atoms with Gasteiger partial charge < -0.3 is 10.1 Å². The van der Waals surface area contributed by atoms with Gasteiger partial charge in [0.1, 0.15) is 0 Å². The molecule has 15 heavy (non-hydrogen) atoms. The molecular formula is C13H27NO. The Hall–Kier alpha value is -0.0800. The van der Waals surface area contributed by atoms with Crippen LogP contribution in [0.1, 0.15) is 47.0 Å². The summed E-state index contributed by atoms with van der Waals surface area (Å²) < 4.78 is 5.16.